The third-order valence-corrected chi connectivity index (χ3v) is 9.13. The number of halogens is 2. The molecule has 0 radical (unpaired) electrons. The minimum absolute atomic E-state index is 0.00355. The highest BCUT2D eigenvalue weighted by Gasteiger charge is 2.37. The van der Waals surface area contributed by atoms with Gasteiger partial charge in [0.05, 0.1) is 6.42 Å². The summed E-state index contributed by atoms with van der Waals surface area (Å²) < 4.78 is 32.3. The first kappa shape index (κ1) is 22.2. The minimum Gasteiger partial charge on any atom is -0.480 e. The molecule has 26 heavy (non-hydrogen) atoms. The van der Waals surface area contributed by atoms with E-state index in [9.17, 15) is 23.5 Å². The highest BCUT2D eigenvalue weighted by Crippen LogP contribution is 2.36. The molecular weight excluding hydrogens is 360 g/mol. The quantitative estimate of drug-likeness (QED) is 0.670. The summed E-state index contributed by atoms with van der Waals surface area (Å²) in [5.41, 5.74) is 0.140. The van der Waals surface area contributed by atoms with Crippen LogP contribution in [0, 0.1) is 11.6 Å². The second-order valence-corrected chi connectivity index (χ2v) is 12.6. The van der Waals surface area contributed by atoms with Crippen LogP contribution in [0.25, 0.3) is 0 Å². The molecule has 1 amide bonds. The smallest absolute Gasteiger partial charge is 0.326 e. The first-order valence-corrected chi connectivity index (χ1v) is 11.3. The SMILES string of the molecule is CC(C)(C)[Si](C)(C)OCC[C@H](NC(=O)Cc1cc(F)cc(F)c1)C(=O)O. The molecule has 5 nitrogen and oxygen atoms in total. The molecule has 0 aliphatic rings. The molecule has 146 valence electrons. The molecule has 0 saturated heterocycles. The van der Waals surface area contributed by atoms with Crippen LogP contribution >= 0.6 is 0 Å². The summed E-state index contributed by atoms with van der Waals surface area (Å²) in [7, 11) is -2.01. The molecule has 1 aromatic rings. The van der Waals surface area contributed by atoms with Gasteiger partial charge in [-0.05, 0) is 35.8 Å². The van der Waals surface area contributed by atoms with Crippen molar-refractivity contribution in [1.29, 1.82) is 0 Å². The van der Waals surface area contributed by atoms with Crippen LogP contribution in [0.15, 0.2) is 18.2 Å². The van der Waals surface area contributed by atoms with Crippen molar-refractivity contribution in [3.8, 4) is 0 Å². The highest BCUT2D eigenvalue weighted by molar-refractivity contribution is 6.74. The Kier molecular flexibility index (Phi) is 7.46. The Morgan fingerprint density at radius 2 is 1.73 bits per heavy atom. The molecule has 0 fully saturated rings. The van der Waals surface area contributed by atoms with Gasteiger partial charge in [-0.2, -0.15) is 0 Å². The number of hydrogen-bond acceptors (Lipinski definition) is 3. The third kappa shape index (κ3) is 6.84. The lowest BCUT2D eigenvalue weighted by atomic mass is 10.1. The molecular formula is C18H27F2NO4Si. The third-order valence-electron chi connectivity index (χ3n) is 4.60. The van der Waals surface area contributed by atoms with Crippen LogP contribution in [0.2, 0.25) is 18.1 Å². The molecule has 0 heterocycles. The van der Waals surface area contributed by atoms with Gasteiger partial charge < -0.3 is 14.8 Å². The number of carboxylic acids is 1. The molecule has 0 spiro atoms. The number of nitrogens with one attached hydrogen (secondary N) is 1. The molecule has 0 bridgehead atoms. The Labute approximate surface area is 153 Å². The molecule has 1 rings (SSSR count). The summed E-state index contributed by atoms with van der Waals surface area (Å²) >= 11 is 0. The first-order valence-electron chi connectivity index (χ1n) is 8.43. The van der Waals surface area contributed by atoms with Gasteiger partial charge in [0.1, 0.15) is 17.7 Å². The van der Waals surface area contributed by atoms with Crippen LogP contribution < -0.4 is 5.32 Å². The Bertz CT molecular complexity index is 639. The zero-order valence-corrected chi connectivity index (χ0v) is 16.9. The predicted molar refractivity (Wildman–Crippen MR) is 97.4 cm³/mol. The monoisotopic (exact) mass is 387 g/mol. The molecule has 0 saturated carbocycles. The van der Waals surface area contributed by atoms with Crippen LogP contribution in [0.4, 0.5) is 8.78 Å². The average molecular weight is 387 g/mol. The fraction of sp³-hybridized carbons (Fsp3) is 0.556. The molecule has 0 aromatic heterocycles. The van der Waals surface area contributed by atoms with Gasteiger partial charge in [-0.3, -0.25) is 4.79 Å². The fourth-order valence-electron chi connectivity index (χ4n) is 2.05. The lowest BCUT2D eigenvalue weighted by Crippen LogP contribution is -2.45. The van der Waals surface area contributed by atoms with Gasteiger partial charge >= 0.3 is 5.97 Å². The Hall–Kier alpha value is -1.80. The van der Waals surface area contributed by atoms with Crippen LogP contribution in [0.1, 0.15) is 32.8 Å². The number of hydrogen-bond donors (Lipinski definition) is 2. The number of benzene rings is 1. The van der Waals surface area contributed by atoms with Gasteiger partial charge in [-0.25, -0.2) is 13.6 Å². The summed E-state index contributed by atoms with van der Waals surface area (Å²) in [6, 6.07) is 1.67. The predicted octanol–water partition coefficient (Wildman–Crippen LogP) is 3.49. The molecule has 0 aliphatic carbocycles. The van der Waals surface area contributed by atoms with Gasteiger partial charge in [0.15, 0.2) is 8.32 Å². The Morgan fingerprint density at radius 3 is 2.19 bits per heavy atom. The summed E-state index contributed by atoms with van der Waals surface area (Å²) in [4.78, 5) is 23.4. The van der Waals surface area contributed by atoms with Gasteiger partial charge in [0.25, 0.3) is 0 Å². The topological polar surface area (TPSA) is 75.6 Å². The van der Waals surface area contributed by atoms with E-state index in [1.54, 1.807) is 0 Å². The van der Waals surface area contributed by atoms with E-state index in [-0.39, 0.29) is 30.1 Å². The lowest BCUT2D eigenvalue weighted by Gasteiger charge is -2.36. The van der Waals surface area contributed by atoms with Crippen molar-refractivity contribution < 1.29 is 27.9 Å². The van der Waals surface area contributed by atoms with E-state index in [1.165, 1.54) is 0 Å². The summed E-state index contributed by atoms with van der Waals surface area (Å²) in [6.07, 6.45) is -0.188. The molecule has 1 aromatic carbocycles. The van der Waals surface area contributed by atoms with Crippen LogP contribution in [0.3, 0.4) is 0 Å². The van der Waals surface area contributed by atoms with Gasteiger partial charge in [0.2, 0.25) is 5.91 Å². The summed E-state index contributed by atoms with van der Waals surface area (Å²) in [6.45, 7) is 10.6. The van der Waals surface area contributed by atoms with E-state index in [0.717, 1.165) is 12.1 Å². The molecule has 1 atom stereocenters. The van der Waals surface area contributed by atoms with Crippen molar-refractivity contribution in [3.05, 3.63) is 35.4 Å². The number of carboxylic acid groups (broad SMARTS) is 1. The second-order valence-electron chi connectivity index (χ2n) is 7.81. The number of carbonyl (C=O) groups is 2. The van der Waals surface area contributed by atoms with Gasteiger partial charge in [0, 0.05) is 19.1 Å². The minimum atomic E-state index is -2.01. The zero-order valence-electron chi connectivity index (χ0n) is 15.9. The number of rotatable bonds is 8. The van der Waals surface area contributed by atoms with E-state index in [2.05, 4.69) is 39.2 Å². The van der Waals surface area contributed by atoms with Crippen LogP contribution in [-0.4, -0.2) is 37.9 Å². The van der Waals surface area contributed by atoms with E-state index < -0.39 is 37.9 Å². The van der Waals surface area contributed by atoms with Gasteiger partial charge in [-0.15, -0.1) is 0 Å². The normalized spacial score (nSPS) is 13.3. The molecule has 0 unspecified atom stereocenters. The van der Waals surface area contributed by atoms with Crippen LogP contribution in [0.5, 0.6) is 0 Å². The van der Waals surface area contributed by atoms with Crippen LogP contribution in [-0.2, 0) is 20.4 Å². The standard InChI is InChI=1S/C18H27F2NO4Si/c1-18(2,3)26(4,5)25-7-6-15(17(23)24)21-16(22)10-12-8-13(19)11-14(20)9-12/h8-9,11,15H,6-7,10H2,1-5H3,(H,21,22)(H,23,24)/t15-/m0/s1. The largest absolute Gasteiger partial charge is 0.480 e. The van der Waals surface area contributed by atoms with Crippen molar-refractivity contribution in [2.75, 3.05) is 6.61 Å². The van der Waals surface area contributed by atoms with Crippen molar-refractivity contribution in [1.82, 2.24) is 5.32 Å². The first-order chi connectivity index (χ1) is 11.8. The summed E-state index contributed by atoms with van der Waals surface area (Å²) in [5.74, 6) is -3.37. The van der Waals surface area contributed by atoms with Crippen molar-refractivity contribution in [2.24, 2.45) is 0 Å². The fourth-order valence-corrected chi connectivity index (χ4v) is 3.11. The van der Waals surface area contributed by atoms with E-state index in [0.29, 0.717) is 6.07 Å². The van der Waals surface area contributed by atoms with E-state index in [4.69, 9.17) is 4.43 Å². The van der Waals surface area contributed by atoms with Crippen molar-refractivity contribution in [3.63, 3.8) is 0 Å². The highest BCUT2D eigenvalue weighted by atomic mass is 28.4. The Morgan fingerprint density at radius 1 is 1.19 bits per heavy atom. The van der Waals surface area contributed by atoms with Crippen molar-refractivity contribution >= 4 is 20.2 Å². The van der Waals surface area contributed by atoms with E-state index in [1.807, 2.05) is 0 Å². The molecule has 2 N–H and O–H groups in total. The Balaban J connectivity index is 2.62. The van der Waals surface area contributed by atoms with E-state index >= 15 is 0 Å². The maximum absolute atomic E-state index is 13.2. The number of aliphatic carboxylic acids is 1. The number of amides is 1. The second kappa shape index (κ2) is 8.72. The maximum Gasteiger partial charge on any atom is 0.326 e. The maximum atomic E-state index is 13.2. The summed E-state index contributed by atoms with van der Waals surface area (Å²) in [5, 5.41) is 11.7. The lowest BCUT2D eigenvalue weighted by molar-refractivity contribution is -0.142. The molecule has 0 aliphatic heterocycles. The molecule has 8 heteroatoms. The number of carbonyl (C=O) groups excluding carboxylic acids is 1. The van der Waals surface area contributed by atoms with Gasteiger partial charge in [-0.1, -0.05) is 20.8 Å². The average Bonchev–Trinajstić information content (AvgIpc) is 2.43. The van der Waals surface area contributed by atoms with Crippen molar-refractivity contribution in [2.45, 2.75) is 57.8 Å². The zero-order chi connectivity index (χ0) is 20.1.